The van der Waals surface area contributed by atoms with Gasteiger partial charge in [-0.3, -0.25) is 14.4 Å². The molecule has 3 rings (SSSR count). The standard InChI is InChI=1S/C32H37N3O7/c1-5-41-30(37)19-24(20-31(38)42-6-2)23-12-14-25(15-13-23)33-29(36)18-22-11-16-27(28(17-22)40-4)35-32(39)34-26-10-8-7-9-21(26)3/h7-17,24H,5-6,18-20H2,1-4H3,(H,33,36)(H2,34,35,39). The van der Waals surface area contributed by atoms with Crippen molar-refractivity contribution < 1.29 is 33.4 Å². The maximum absolute atomic E-state index is 12.8. The molecule has 3 N–H and O–H groups in total. The van der Waals surface area contributed by atoms with E-state index in [1.807, 2.05) is 31.2 Å². The smallest absolute Gasteiger partial charge is 0.323 e. The van der Waals surface area contributed by atoms with Crippen LogP contribution in [0, 0.1) is 6.92 Å². The van der Waals surface area contributed by atoms with E-state index in [4.69, 9.17) is 14.2 Å². The molecule has 0 spiro atoms. The van der Waals surface area contributed by atoms with Crippen LogP contribution in [0.1, 0.15) is 49.3 Å². The van der Waals surface area contributed by atoms with E-state index >= 15 is 0 Å². The van der Waals surface area contributed by atoms with E-state index in [2.05, 4.69) is 16.0 Å². The Hall–Kier alpha value is -4.86. The van der Waals surface area contributed by atoms with E-state index in [9.17, 15) is 19.2 Å². The second kappa shape index (κ2) is 15.8. The Morgan fingerprint density at radius 1 is 0.762 bits per heavy atom. The predicted molar refractivity (Wildman–Crippen MR) is 161 cm³/mol. The zero-order chi connectivity index (χ0) is 30.5. The number of carbonyl (C=O) groups excluding carboxylic acids is 4. The van der Waals surface area contributed by atoms with Gasteiger partial charge in [-0.1, -0.05) is 36.4 Å². The Bertz CT molecular complexity index is 1370. The summed E-state index contributed by atoms with van der Waals surface area (Å²) in [5.41, 5.74) is 4.10. The van der Waals surface area contributed by atoms with Gasteiger partial charge >= 0.3 is 18.0 Å². The molecule has 0 saturated heterocycles. The van der Waals surface area contributed by atoms with Crippen molar-refractivity contribution in [3.05, 3.63) is 83.4 Å². The first-order valence-corrected chi connectivity index (χ1v) is 13.7. The number of methoxy groups -OCH3 is 1. The molecule has 3 aromatic carbocycles. The number of benzene rings is 3. The molecule has 3 aromatic rings. The van der Waals surface area contributed by atoms with Gasteiger partial charge in [0.25, 0.3) is 0 Å². The van der Waals surface area contributed by atoms with Crippen LogP contribution >= 0.6 is 0 Å². The topological polar surface area (TPSA) is 132 Å². The Kier molecular flexibility index (Phi) is 11.9. The number of amides is 3. The van der Waals surface area contributed by atoms with Crippen molar-refractivity contribution in [2.24, 2.45) is 0 Å². The molecule has 222 valence electrons. The summed E-state index contributed by atoms with van der Waals surface area (Å²) in [5, 5.41) is 8.44. The van der Waals surface area contributed by atoms with Crippen LogP contribution in [-0.2, 0) is 30.3 Å². The average Bonchev–Trinajstić information content (AvgIpc) is 2.95. The minimum absolute atomic E-state index is 0.0403. The second-order valence-electron chi connectivity index (χ2n) is 9.49. The van der Waals surface area contributed by atoms with Crippen LogP contribution in [0.25, 0.3) is 0 Å². The maximum atomic E-state index is 12.8. The van der Waals surface area contributed by atoms with Crippen molar-refractivity contribution in [3.63, 3.8) is 0 Å². The zero-order valence-electron chi connectivity index (χ0n) is 24.3. The highest BCUT2D eigenvalue weighted by Crippen LogP contribution is 2.28. The van der Waals surface area contributed by atoms with Gasteiger partial charge in [-0.25, -0.2) is 4.79 Å². The lowest BCUT2D eigenvalue weighted by atomic mass is 9.92. The molecular formula is C32H37N3O7. The van der Waals surface area contributed by atoms with Gasteiger partial charge in [0.2, 0.25) is 5.91 Å². The van der Waals surface area contributed by atoms with E-state index < -0.39 is 23.9 Å². The number of carbonyl (C=O) groups is 4. The molecule has 0 aliphatic heterocycles. The number of rotatable bonds is 13. The van der Waals surface area contributed by atoms with Crippen molar-refractivity contribution >= 4 is 40.9 Å². The summed E-state index contributed by atoms with van der Waals surface area (Å²) in [6.45, 7) is 5.86. The van der Waals surface area contributed by atoms with Crippen molar-refractivity contribution in [2.45, 2.75) is 46.0 Å². The fourth-order valence-corrected chi connectivity index (χ4v) is 4.32. The number of hydrogen-bond acceptors (Lipinski definition) is 7. The Morgan fingerprint density at radius 2 is 1.38 bits per heavy atom. The zero-order valence-corrected chi connectivity index (χ0v) is 24.3. The minimum atomic E-state index is -0.414. The van der Waals surface area contributed by atoms with Gasteiger partial charge in [0.05, 0.1) is 45.3 Å². The highest BCUT2D eigenvalue weighted by Gasteiger charge is 2.21. The lowest BCUT2D eigenvalue weighted by Crippen LogP contribution is -2.20. The lowest BCUT2D eigenvalue weighted by Gasteiger charge is -2.16. The number of aryl methyl sites for hydroxylation is 1. The summed E-state index contributed by atoms with van der Waals surface area (Å²) in [6.07, 6.45) is 0.152. The molecule has 0 aliphatic rings. The number of hydrogen-bond donors (Lipinski definition) is 3. The molecule has 10 heteroatoms. The summed E-state index contributed by atoms with van der Waals surface area (Å²) < 4.78 is 15.6. The molecular weight excluding hydrogens is 538 g/mol. The molecule has 0 atom stereocenters. The molecule has 0 radical (unpaired) electrons. The van der Waals surface area contributed by atoms with Crippen LogP contribution in [0.15, 0.2) is 66.7 Å². The molecule has 10 nitrogen and oxygen atoms in total. The third kappa shape index (κ3) is 9.65. The third-order valence-corrected chi connectivity index (χ3v) is 6.37. The van der Waals surface area contributed by atoms with Crippen LogP contribution in [0.3, 0.4) is 0 Å². The fourth-order valence-electron chi connectivity index (χ4n) is 4.32. The Balaban J connectivity index is 1.61. The van der Waals surface area contributed by atoms with Gasteiger partial charge < -0.3 is 30.2 Å². The van der Waals surface area contributed by atoms with Gasteiger partial charge in [0.1, 0.15) is 5.75 Å². The first-order chi connectivity index (χ1) is 20.2. The highest BCUT2D eigenvalue weighted by molar-refractivity contribution is 6.01. The SMILES string of the molecule is CCOC(=O)CC(CC(=O)OCC)c1ccc(NC(=O)Cc2ccc(NC(=O)Nc3ccccc3C)c(OC)c2)cc1. The number of urea groups is 1. The normalized spacial score (nSPS) is 10.5. The second-order valence-corrected chi connectivity index (χ2v) is 9.49. The molecule has 3 amide bonds. The molecule has 42 heavy (non-hydrogen) atoms. The molecule has 0 aromatic heterocycles. The number of anilines is 3. The molecule has 0 bridgehead atoms. The molecule has 0 fully saturated rings. The van der Waals surface area contributed by atoms with Crippen molar-refractivity contribution in [1.29, 1.82) is 0 Å². The summed E-state index contributed by atoms with van der Waals surface area (Å²) in [6, 6.07) is 19.1. The van der Waals surface area contributed by atoms with Crippen molar-refractivity contribution in [1.82, 2.24) is 0 Å². The summed E-state index contributed by atoms with van der Waals surface area (Å²) in [4.78, 5) is 49.5. The summed E-state index contributed by atoms with van der Waals surface area (Å²) >= 11 is 0. The van der Waals surface area contributed by atoms with E-state index in [0.717, 1.165) is 11.1 Å². The number of esters is 2. The number of nitrogens with one attached hydrogen (secondary N) is 3. The molecule has 0 heterocycles. The minimum Gasteiger partial charge on any atom is -0.495 e. The number of ether oxygens (including phenoxy) is 3. The van der Waals surface area contributed by atoms with Crippen LogP contribution < -0.4 is 20.7 Å². The lowest BCUT2D eigenvalue weighted by molar-refractivity contribution is -0.145. The molecule has 0 unspecified atom stereocenters. The highest BCUT2D eigenvalue weighted by atomic mass is 16.5. The van der Waals surface area contributed by atoms with E-state index in [1.54, 1.807) is 56.3 Å². The van der Waals surface area contributed by atoms with Gasteiger partial charge in [-0.15, -0.1) is 0 Å². The first-order valence-electron chi connectivity index (χ1n) is 13.7. The van der Waals surface area contributed by atoms with Crippen LogP contribution in [0.5, 0.6) is 5.75 Å². The van der Waals surface area contributed by atoms with Gasteiger partial charge in [0, 0.05) is 17.3 Å². The fraction of sp³-hybridized carbons (Fsp3) is 0.312. The average molecular weight is 576 g/mol. The third-order valence-electron chi connectivity index (χ3n) is 6.37. The summed E-state index contributed by atoms with van der Waals surface area (Å²) in [5.74, 6) is -1.04. The van der Waals surface area contributed by atoms with E-state index in [-0.39, 0.29) is 38.4 Å². The van der Waals surface area contributed by atoms with Gasteiger partial charge in [0.15, 0.2) is 0 Å². The molecule has 0 saturated carbocycles. The number of para-hydroxylation sites is 1. The van der Waals surface area contributed by atoms with E-state index in [1.165, 1.54) is 7.11 Å². The largest absolute Gasteiger partial charge is 0.495 e. The Labute approximate surface area is 245 Å². The first kappa shape index (κ1) is 31.7. The monoisotopic (exact) mass is 575 g/mol. The predicted octanol–water partition coefficient (Wildman–Crippen LogP) is 5.82. The van der Waals surface area contributed by atoms with Crippen LogP contribution in [0.4, 0.5) is 21.9 Å². The van der Waals surface area contributed by atoms with Gasteiger partial charge in [-0.2, -0.15) is 0 Å². The van der Waals surface area contributed by atoms with Crippen LogP contribution in [0.2, 0.25) is 0 Å². The molecule has 0 aliphatic carbocycles. The quantitative estimate of drug-likeness (QED) is 0.219. The van der Waals surface area contributed by atoms with Gasteiger partial charge in [-0.05, 0) is 67.8 Å². The van der Waals surface area contributed by atoms with Crippen LogP contribution in [-0.4, -0.2) is 44.2 Å². The summed E-state index contributed by atoms with van der Waals surface area (Å²) in [7, 11) is 1.49. The Morgan fingerprint density at radius 3 is 1.98 bits per heavy atom. The van der Waals surface area contributed by atoms with Crippen molar-refractivity contribution in [3.8, 4) is 5.75 Å². The van der Waals surface area contributed by atoms with Crippen molar-refractivity contribution in [2.75, 3.05) is 36.3 Å². The van der Waals surface area contributed by atoms with E-state index in [0.29, 0.717) is 28.4 Å². The maximum Gasteiger partial charge on any atom is 0.323 e.